The van der Waals surface area contributed by atoms with Gasteiger partial charge in [0.25, 0.3) is 0 Å². The molecular weight excluding hydrogens is 278 g/mol. The molecule has 0 aliphatic carbocycles. The molecule has 120 valence electrons. The van der Waals surface area contributed by atoms with Crippen LogP contribution in [-0.4, -0.2) is 44.1 Å². The molecule has 2 unspecified atom stereocenters. The van der Waals surface area contributed by atoms with Crippen LogP contribution in [-0.2, 0) is 16.1 Å². The van der Waals surface area contributed by atoms with E-state index in [9.17, 15) is 4.79 Å². The molecule has 1 aromatic carbocycles. The first-order valence-corrected chi connectivity index (χ1v) is 7.64. The molecule has 2 atom stereocenters. The largest absolute Gasteiger partial charge is 0.469 e. The monoisotopic (exact) mass is 303 g/mol. The Bertz CT molecular complexity index is 557. The lowest BCUT2D eigenvalue weighted by Crippen LogP contribution is -2.40. The summed E-state index contributed by atoms with van der Waals surface area (Å²) in [4.78, 5) is 18.3. The molecule has 1 aromatic rings. The van der Waals surface area contributed by atoms with Gasteiger partial charge in [-0.1, -0.05) is 31.2 Å². The number of nitrogens with zero attached hydrogens (tertiary/aromatic N) is 2. The number of aliphatic imine (C=N–C) groups is 1. The number of carbonyl (C=O) groups is 1. The number of hydrogen-bond acceptors (Lipinski definition) is 3. The summed E-state index contributed by atoms with van der Waals surface area (Å²) in [6.07, 6.45) is 0. The second kappa shape index (κ2) is 7.29. The molecule has 1 aliphatic rings. The van der Waals surface area contributed by atoms with Crippen LogP contribution in [0.3, 0.4) is 0 Å². The molecule has 22 heavy (non-hydrogen) atoms. The van der Waals surface area contributed by atoms with E-state index in [-0.39, 0.29) is 17.8 Å². The standard InChI is InChI=1S/C17H25N3O2/c1-12-7-5-6-8-14(12)9-19-17(18-3)20-10-13(2)15(11-20)16(21)22-4/h5-8,13,15H,9-11H2,1-4H3,(H,18,19). The highest BCUT2D eigenvalue weighted by atomic mass is 16.5. The van der Waals surface area contributed by atoms with Gasteiger partial charge in [0.1, 0.15) is 0 Å². The molecular formula is C17H25N3O2. The molecule has 1 aliphatic heterocycles. The van der Waals surface area contributed by atoms with Gasteiger partial charge in [-0.2, -0.15) is 0 Å². The van der Waals surface area contributed by atoms with Crippen LogP contribution < -0.4 is 5.32 Å². The Hall–Kier alpha value is -2.04. The topological polar surface area (TPSA) is 53.9 Å². The summed E-state index contributed by atoms with van der Waals surface area (Å²) in [5.41, 5.74) is 2.51. The van der Waals surface area contributed by atoms with Crippen molar-refractivity contribution in [1.29, 1.82) is 0 Å². The number of guanidine groups is 1. The lowest BCUT2D eigenvalue weighted by molar-refractivity contribution is -0.145. The van der Waals surface area contributed by atoms with E-state index in [0.29, 0.717) is 6.54 Å². The number of nitrogens with one attached hydrogen (secondary N) is 1. The van der Waals surface area contributed by atoms with Gasteiger partial charge < -0.3 is 15.0 Å². The van der Waals surface area contributed by atoms with Crippen molar-refractivity contribution < 1.29 is 9.53 Å². The molecule has 2 rings (SSSR count). The van der Waals surface area contributed by atoms with Gasteiger partial charge >= 0.3 is 5.97 Å². The fourth-order valence-electron chi connectivity index (χ4n) is 2.91. The van der Waals surface area contributed by atoms with Gasteiger partial charge in [-0.3, -0.25) is 9.79 Å². The van der Waals surface area contributed by atoms with Gasteiger partial charge in [0.15, 0.2) is 5.96 Å². The Morgan fingerprint density at radius 1 is 1.41 bits per heavy atom. The molecule has 0 aromatic heterocycles. The summed E-state index contributed by atoms with van der Waals surface area (Å²) in [7, 11) is 3.22. The maximum absolute atomic E-state index is 11.8. The second-order valence-electron chi connectivity index (χ2n) is 5.84. The number of ether oxygens (including phenoxy) is 1. The Morgan fingerprint density at radius 3 is 2.77 bits per heavy atom. The summed E-state index contributed by atoms with van der Waals surface area (Å²) >= 11 is 0. The molecule has 0 spiro atoms. The first-order chi connectivity index (χ1) is 10.6. The van der Waals surface area contributed by atoms with E-state index in [4.69, 9.17) is 4.74 Å². The van der Waals surface area contributed by atoms with Crippen LogP contribution >= 0.6 is 0 Å². The van der Waals surface area contributed by atoms with Crippen molar-refractivity contribution in [2.24, 2.45) is 16.8 Å². The number of methoxy groups -OCH3 is 1. The summed E-state index contributed by atoms with van der Waals surface area (Å²) < 4.78 is 4.89. The predicted molar refractivity (Wildman–Crippen MR) is 87.6 cm³/mol. The van der Waals surface area contributed by atoms with E-state index in [1.54, 1.807) is 7.05 Å². The van der Waals surface area contributed by atoms with Crippen molar-refractivity contribution in [2.75, 3.05) is 27.2 Å². The number of esters is 1. The lowest BCUT2D eigenvalue weighted by Gasteiger charge is -2.22. The highest BCUT2D eigenvalue weighted by Crippen LogP contribution is 2.24. The fraction of sp³-hybridized carbons (Fsp3) is 0.529. The summed E-state index contributed by atoms with van der Waals surface area (Å²) in [5.74, 6) is 0.886. The SMILES string of the molecule is CN=C(NCc1ccccc1C)N1CC(C)C(C(=O)OC)C1. The average molecular weight is 303 g/mol. The van der Waals surface area contributed by atoms with Crippen LogP contribution in [0.4, 0.5) is 0 Å². The van der Waals surface area contributed by atoms with Gasteiger partial charge in [0, 0.05) is 26.7 Å². The van der Waals surface area contributed by atoms with Crippen LogP contribution in [0, 0.1) is 18.8 Å². The molecule has 0 saturated carbocycles. The van der Waals surface area contributed by atoms with Gasteiger partial charge in [-0.15, -0.1) is 0 Å². The zero-order valence-corrected chi connectivity index (χ0v) is 13.8. The molecule has 1 heterocycles. The molecule has 0 bridgehead atoms. The fourth-order valence-corrected chi connectivity index (χ4v) is 2.91. The zero-order valence-electron chi connectivity index (χ0n) is 13.8. The Kier molecular flexibility index (Phi) is 5.41. The number of carbonyl (C=O) groups excluding carboxylic acids is 1. The first-order valence-electron chi connectivity index (χ1n) is 7.64. The molecule has 0 amide bonds. The van der Waals surface area contributed by atoms with Crippen LogP contribution in [0.1, 0.15) is 18.1 Å². The summed E-state index contributed by atoms with van der Waals surface area (Å²) in [5, 5.41) is 3.39. The summed E-state index contributed by atoms with van der Waals surface area (Å²) in [6.45, 7) is 6.38. The van der Waals surface area contributed by atoms with E-state index >= 15 is 0 Å². The average Bonchev–Trinajstić information content (AvgIpc) is 2.90. The number of benzene rings is 1. The van der Waals surface area contributed by atoms with E-state index < -0.39 is 0 Å². The van der Waals surface area contributed by atoms with Gasteiger partial charge in [0.05, 0.1) is 13.0 Å². The first kappa shape index (κ1) is 16.3. The van der Waals surface area contributed by atoms with Crippen LogP contribution in [0.2, 0.25) is 0 Å². The van der Waals surface area contributed by atoms with Crippen molar-refractivity contribution >= 4 is 11.9 Å². The minimum absolute atomic E-state index is 0.0815. The lowest BCUT2D eigenvalue weighted by atomic mass is 9.99. The van der Waals surface area contributed by atoms with E-state index in [0.717, 1.165) is 19.0 Å². The third-order valence-electron chi connectivity index (χ3n) is 4.33. The van der Waals surface area contributed by atoms with Crippen molar-refractivity contribution in [3.8, 4) is 0 Å². The molecule has 1 saturated heterocycles. The zero-order chi connectivity index (χ0) is 16.1. The normalized spacial score (nSPS) is 21.8. The highest BCUT2D eigenvalue weighted by molar-refractivity contribution is 5.82. The van der Waals surface area contributed by atoms with Crippen molar-refractivity contribution in [1.82, 2.24) is 10.2 Å². The third-order valence-corrected chi connectivity index (χ3v) is 4.33. The maximum Gasteiger partial charge on any atom is 0.310 e. The minimum Gasteiger partial charge on any atom is -0.469 e. The molecule has 5 nitrogen and oxygen atoms in total. The van der Waals surface area contributed by atoms with E-state index in [1.165, 1.54) is 18.2 Å². The van der Waals surface area contributed by atoms with Gasteiger partial charge in [0.2, 0.25) is 0 Å². The Balaban J connectivity index is 1.99. The van der Waals surface area contributed by atoms with Crippen molar-refractivity contribution in [3.63, 3.8) is 0 Å². The maximum atomic E-state index is 11.8. The Morgan fingerprint density at radius 2 is 2.14 bits per heavy atom. The number of aryl methyl sites for hydroxylation is 1. The van der Waals surface area contributed by atoms with Crippen LogP contribution in [0.25, 0.3) is 0 Å². The second-order valence-corrected chi connectivity index (χ2v) is 5.84. The third kappa shape index (κ3) is 3.59. The van der Waals surface area contributed by atoms with E-state index in [1.807, 2.05) is 12.1 Å². The molecule has 1 N–H and O–H groups in total. The summed E-state index contributed by atoms with van der Waals surface area (Å²) in [6, 6.07) is 8.29. The number of likely N-dealkylation sites (tertiary alicyclic amines) is 1. The van der Waals surface area contributed by atoms with Crippen molar-refractivity contribution in [3.05, 3.63) is 35.4 Å². The molecule has 0 radical (unpaired) electrons. The van der Waals surface area contributed by atoms with Gasteiger partial charge in [-0.25, -0.2) is 0 Å². The van der Waals surface area contributed by atoms with E-state index in [2.05, 4.69) is 41.2 Å². The highest BCUT2D eigenvalue weighted by Gasteiger charge is 2.36. The predicted octanol–water partition coefficient (Wildman–Crippen LogP) is 1.81. The van der Waals surface area contributed by atoms with Gasteiger partial charge in [-0.05, 0) is 24.0 Å². The minimum atomic E-state index is -0.135. The smallest absolute Gasteiger partial charge is 0.310 e. The van der Waals surface area contributed by atoms with Crippen LogP contribution in [0.15, 0.2) is 29.3 Å². The van der Waals surface area contributed by atoms with Crippen molar-refractivity contribution in [2.45, 2.75) is 20.4 Å². The molecule has 1 fully saturated rings. The number of rotatable bonds is 3. The number of hydrogen-bond donors (Lipinski definition) is 1. The molecule has 5 heteroatoms. The quantitative estimate of drug-likeness (QED) is 0.526. The Labute approximate surface area is 132 Å². The van der Waals surface area contributed by atoms with Crippen LogP contribution in [0.5, 0.6) is 0 Å².